The van der Waals surface area contributed by atoms with Crippen LogP contribution in [-0.4, -0.2) is 33.7 Å². The summed E-state index contributed by atoms with van der Waals surface area (Å²) in [5.74, 6) is -0.697. The minimum absolute atomic E-state index is 0.0804. The molecule has 1 aromatic heterocycles. The smallest absolute Gasteiger partial charge is 0.253 e. The molecule has 1 heterocycles. The summed E-state index contributed by atoms with van der Waals surface area (Å²) in [6.07, 6.45) is 0.749. The molecule has 0 aliphatic rings. The van der Waals surface area contributed by atoms with Crippen molar-refractivity contribution in [2.75, 3.05) is 0 Å². The largest absolute Gasteiger partial charge is 0.391 e. The summed E-state index contributed by atoms with van der Waals surface area (Å²) in [6, 6.07) is 6.79. The number of nitrogens with two attached hydrogens (primary N) is 1. The van der Waals surface area contributed by atoms with Crippen molar-refractivity contribution in [2.24, 2.45) is 5.73 Å². The second-order valence-corrected chi connectivity index (χ2v) is 8.01. The van der Waals surface area contributed by atoms with Gasteiger partial charge in [0, 0.05) is 29.2 Å². The third kappa shape index (κ3) is 6.27. The molecule has 0 radical (unpaired) electrons. The van der Waals surface area contributed by atoms with E-state index in [1.54, 1.807) is 18.3 Å². The van der Waals surface area contributed by atoms with Gasteiger partial charge in [-0.25, -0.2) is 4.39 Å². The number of aliphatic hydroxyl groups is 1. The molecule has 2 atom stereocenters. The minimum Gasteiger partial charge on any atom is -0.391 e. The number of rotatable bonds is 6. The van der Waals surface area contributed by atoms with Gasteiger partial charge in [0.1, 0.15) is 5.82 Å². The maximum atomic E-state index is 13.9. The second kappa shape index (κ2) is 8.78. The van der Waals surface area contributed by atoms with E-state index in [4.69, 9.17) is 17.3 Å². The number of benzene rings is 1. The summed E-state index contributed by atoms with van der Waals surface area (Å²) in [6.45, 7) is 5.64. The highest BCUT2D eigenvalue weighted by Gasteiger charge is 2.23. The summed E-state index contributed by atoms with van der Waals surface area (Å²) >= 11 is 5.89. The Morgan fingerprint density at radius 1 is 1.33 bits per heavy atom. The van der Waals surface area contributed by atoms with E-state index < -0.39 is 23.5 Å². The zero-order valence-electron chi connectivity index (χ0n) is 15.7. The fourth-order valence-corrected chi connectivity index (χ4v) is 2.85. The van der Waals surface area contributed by atoms with E-state index in [2.05, 4.69) is 10.3 Å². The van der Waals surface area contributed by atoms with Crippen molar-refractivity contribution < 1.29 is 14.3 Å². The van der Waals surface area contributed by atoms with Crippen LogP contribution in [0.15, 0.2) is 36.5 Å². The first-order valence-corrected chi connectivity index (χ1v) is 9.08. The van der Waals surface area contributed by atoms with E-state index in [1.165, 1.54) is 18.2 Å². The highest BCUT2D eigenvalue weighted by atomic mass is 35.5. The number of aromatic nitrogens is 1. The first-order chi connectivity index (χ1) is 12.6. The second-order valence-electron chi connectivity index (χ2n) is 7.58. The number of pyridine rings is 1. The summed E-state index contributed by atoms with van der Waals surface area (Å²) in [5.41, 5.74) is 6.81. The number of hydrogen-bond donors (Lipinski definition) is 3. The third-order valence-electron chi connectivity index (χ3n) is 3.98. The lowest BCUT2D eigenvalue weighted by molar-refractivity contribution is 0.0916. The van der Waals surface area contributed by atoms with Gasteiger partial charge >= 0.3 is 0 Å². The molecule has 2 rings (SSSR count). The molecule has 0 bridgehead atoms. The molecule has 0 fully saturated rings. The van der Waals surface area contributed by atoms with Crippen LogP contribution in [0.4, 0.5) is 4.39 Å². The third-order valence-corrected chi connectivity index (χ3v) is 4.22. The Labute approximate surface area is 163 Å². The SMILES string of the molecule is CC(C)(C)NC(=O)c1cccnc1C[C@H](O)[C@H](N)Cc1cc(Cl)ccc1F. The zero-order chi connectivity index (χ0) is 20.2. The van der Waals surface area contributed by atoms with Crippen LogP contribution in [0.2, 0.25) is 5.02 Å². The standard InChI is InChI=1S/C20H25ClFN3O2/c1-20(2,3)25-19(27)14-5-4-8-24-17(14)11-18(26)16(23)10-12-9-13(21)6-7-15(12)22/h4-9,16,18,26H,10-11,23H2,1-3H3,(H,25,27)/t16-,18+/m1/s1. The van der Waals surface area contributed by atoms with Crippen molar-refractivity contribution >= 4 is 17.5 Å². The molecular weight excluding hydrogens is 369 g/mol. The van der Waals surface area contributed by atoms with Gasteiger partial charge in [-0.05, 0) is 63.1 Å². The Morgan fingerprint density at radius 3 is 2.70 bits per heavy atom. The number of carbonyl (C=O) groups excluding carboxylic acids is 1. The molecule has 0 spiro atoms. The van der Waals surface area contributed by atoms with E-state index in [-0.39, 0.29) is 18.7 Å². The van der Waals surface area contributed by atoms with Gasteiger partial charge in [0.2, 0.25) is 0 Å². The van der Waals surface area contributed by atoms with E-state index in [0.717, 1.165) is 0 Å². The van der Waals surface area contributed by atoms with Crippen molar-refractivity contribution in [1.29, 1.82) is 0 Å². The normalized spacial score (nSPS) is 13.9. The molecule has 0 aliphatic heterocycles. The Bertz CT molecular complexity index is 808. The van der Waals surface area contributed by atoms with Crippen LogP contribution >= 0.6 is 11.6 Å². The maximum absolute atomic E-state index is 13.9. The van der Waals surface area contributed by atoms with E-state index in [0.29, 0.717) is 21.8 Å². The van der Waals surface area contributed by atoms with Gasteiger partial charge in [0.05, 0.1) is 17.4 Å². The Hall–Kier alpha value is -2.02. The lowest BCUT2D eigenvalue weighted by atomic mass is 9.96. The monoisotopic (exact) mass is 393 g/mol. The molecule has 0 saturated heterocycles. The summed E-state index contributed by atoms with van der Waals surface area (Å²) in [4.78, 5) is 16.7. The molecule has 146 valence electrons. The van der Waals surface area contributed by atoms with Gasteiger partial charge in [-0.2, -0.15) is 0 Å². The van der Waals surface area contributed by atoms with Gasteiger partial charge < -0.3 is 16.2 Å². The Kier molecular flexibility index (Phi) is 6.92. The lowest BCUT2D eigenvalue weighted by Crippen LogP contribution is -2.42. The number of nitrogens with one attached hydrogen (secondary N) is 1. The van der Waals surface area contributed by atoms with Crippen molar-refractivity contribution in [3.05, 3.63) is 64.2 Å². The molecule has 7 heteroatoms. The molecule has 27 heavy (non-hydrogen) atoms. The number of halogens is 2. The van der Waals surface area contributed by atoms with Gasteiger partial charge in [-0.1, -0.05) is 11.6 Å². The Balaban J connectivity index is 2.12. The van der Waals surface area contributed by atoms with Crippen LogP contribution in [0.25, 0.3) is 0 Å². The van der Waals surface area contributed by atoms with Crippen LogP contribution in [0.1, 0.15) is 42.4 Å². The van der Waals surface area contributed by atoms with Gasteiger partial charge in [0.25, 0.3) is 5.91 Å². The van der Waals surface area contributed by atoms with E-state index in [1.807, 2.05) is 20.8 Å². The minimum atomic E-state index is -1.00. The number of carbonyl (C=O) groups is 1. The highest BCUT2D eigenvalue weighted by Crippen LogP contribution is 2.18. The van der Waals surface area contributed by atoms with Gasteiger partial charge in [0.15, 0.2) is 0 Å². The number of hydrogen-bond acceptors (Lipinski definition) is 4. The molecule has 1 aromatic carbocycles. The van der Waals surface area contributed by atoms with Gasteiger partial charge in [-0.3, -0.25) is 9.78 Å². The predicted molar refractivity (Wildman–Crippen MR) is 104 cm³/mol. The molecule has 1 amide bonds. The predicted octanol–water partition coefficient (Wildman–Crippen LogP) is 2.88. The average molecular weight is 394 g/mol. The number of aliphatic hydroxyl groups excluding tert-OH is 1. The summed E-state index contributed by atoms with van der Waals surface area (Å²) < 4.78 is 13.9. The zero-order valence-corrected chi connectivity index (χ0v) is 16.4. The fourth-order valence-electron chi connectivity index (χ4n) is 2.65. The molecule has 0 unspecified atom stereocenters. The fraction of sp³-hybridized carbons (Fsp3) is 0.400. The molecule has 0 aliphatic carbocycles. The summed E-state index contributed by atoms with van der Waals surface area (Å²) in [7, 11) is 0. The van der Waals surface area contributed by atoms with Crippen molar-refractivity contribution in [1.82, 2.24) is 10.3 Å². The molecule has 5 nitrogen and oxygen atoms in total. The van der Waals surface area contributed by atoms with Crippen LogP contribution in [-0.2, 0) is 12.8 Å². The van der Waals surface area contributed by atoms with Crippen LogP contribution < -0.4 is 11.1 Å². The number of nitrogens with zero attached hydrogens (tertiary/aromatic N) is 1. The molecule has 0 saturated carbocycles. The first-order valence-electron chi connectivity index (χ1n) is 8.71. The highest BCUT2D eigenvalue weighted by molar-refractivity contribution is 6.30. The quantitative estimate of drug-likeness (QED) is 0.704. The lowest BCUT2D eigenvalue weighted by Gasteiger charge is -2.23. The van der Waals surface area contributed by atoms with Crippen molar-refractivity contribution in [3.8, 4) is 0 Å². The van der Waals surface area contributed by atoms with Crippen LogP contribution in [0, 0.1) is 5.82 Å². The first kappa shape index (κ1) is 21.3. The summed E-state index contributed by atoms with van der Waals surface area (Å²) in [5, 5.41) is 13.8. The average Bonchev–Trinajstić information content (AvgIpc) is 2.57. The van der Waals surface area contributed by atoms with Gasteiger partial charge in [-0.15, -0.1) is 0 Å². The molecule has 4 N–H and O–H groups in total. The van der Waals surface area contributed by atoms with E-state index >= 15 is 0 Å². The van der Waals surface area contributed by atoms with Crippen molar-refractivity contribution in [3.63, 3.8) is 0 Å². The van der Waals surface area contributed by atoms with Crippen molar-refractivity contribution in [2.45, 2.75) is 51.3 Å². The van der Waals surface area contributed by atoms with Crippen LogP contribution in [0.3, 0.4) is 0 Å². The molecule has 2 aromatic rings. The maximum Gasteiger partial charge on any atom is 0.253 e. The Morgan fingerprint density at radius 2 is 2.04 bits per heavy atom. The van der Waals surface area contributed by atoms with E-state index in [9.17, 15) is 14.3 Å². The topological polar surface area (TPSA) is 88.2 Å². The molecular formula is C20H25ClFN3O2. The van der Waals surface area contributed by atoms with Crippen LogP contribution in [0.5, 0.6) is 0 Å². The number of amides is 1.